The molecule has 4 aromatic rings. The minimum absolute atomic E-state index is 0. The Balaban J connectivity index is 0.000000378. The molecule has 0 fully saturated rings. The number of carbonyl (C=O) groups excluding carboxylic acids is 1. The minimum Gasteiger partial charge on any atom is -0.512 e. The van der Waals surface area contributed by atoms with Gasteiger partial charge in [-0.05, 0) is 66.8 Å². The summed E-state index contributed by atoms with van der Waals surface area (Å²) in [6, 6.07) is 17.9. The zero-order valence-electron chi connectivity index (χ0n) is 21.2. The van der Waals surface area contributed by atoms with Crippen LogP contribution in [0.3, 0.4) is 0 Å². The van der Waals surface area contributed by atoms with Gasteiger partial charge in [-0.25, -0.2) is 0 Å². The third kappa shape index (κ3) is 5.42. The molecular formula is C30H32IrNO3-. The van der Waals surface area contributed by atoms with Gasteiger partial charge >= 0.3 is 0 Å². The van der Waals surface area contributed by atoms with Gasteiger partial charge in [0.2, 0.25) is 0 Å². The zero-order chi connectivity index (χ0) is 24.7. The second kappa shape index (κ2) is 10.1. The van der Waals surface area contributed by atoms with E-state index in [2.05, 4.69) is 56.9 Å². The number of benzene rings is 2. The summed E-state index contributed by atoms with van der Waals surface area (Å²) in [5.41, 5.74) is 7.08. The summed E-state index contributed by atoms with van der Waals surface area (Å²) >= 11 is 0. The molecule has 0 bridgehead atoms. The van der Waals surface area contributed by atoms with Crippen LogP contribution >= 0.6 is 0 Å². The number of furan rings is 1. The molecule has 2 aromatic carbocycles. The van der Waals surface area contributed by atoms with Crippen LogP contribution in [-0.4, -0.2) is 15.9 Å². The second-order valence-electron chi connectivity index (χ2n) is 10.5. The van der Waals surface area contributed by atoms with Gasteiger partial charge in [-0.3, -0.25) is 4.79 Å². The van der Waals surface area contributed by atoms with Crippen molar-refractivity contribution in [3.05, 3.63) is 77.7 Å². The third-order valence-corrected chi connectivity index (χ3v) is 7.18. The van der Waals surface area contributed by atoms with Crippen molar-refractivity contribution >= 4 is 27.7 Å². The van der Waals surface area contributed by atoms with E-state index in [0.717, 1.165) is 40.7 Å². The van der Waals surface area contributed by atoms with Crippen molar-refractivity contribution in [1.29, 1.82) is 0 Å². The van der Waals surface area contributed by atoms with Gasteiger partial charge in [0.1, 0.15) is 11.2 Å². The molecule has 4 nitrogen and oxygen atoms in total. The largest absolute Gasteiger partial charge is 0.512 e. The fourth-order valence-electron chi connectivity index (χ4n) is 4.62. The number of hydrogen-bond donors (Lipinski definition) is 1. The molecule has 185 valence electrons. The second-order valence-corrected chi connectivity index (χ2v) is 10.5. The van der Waals surface area contributed by atoms with Crippen LogP contribution in [0, 0.1) is 16.9 Å². The van der Waals surface area contributed by atoms with E-state index in [1.165, 1.54) is 36.4 Å². The molecule has 0 aliphatic heterocycles. The fraction of sp³-hybridized carbons (Fsp3) is 0.333. The molecule has 0 unspecified atom stereocenters. The van der Waals surface area contributed by atoms with Gasteiger partial charge in [0.25, 0.3) is 0 Å². The number of ketones is 1. The first-order valence-corrected chi connectivity index (χ1v) is 11.7. The molecule has 1 radical (unpaired) electrons. The van der Waals surface area contributed by atoms with E-state index in [1.54, 1.807) is 0 Å². The Morgan fingerprint density at radius 2 is 1.69 bits per heavy atom. The fourth-order valence-corrected chi connectivity index (χ4v) is 4.62. The Bertz CT molecular complexity index is 1390. The third-order valence-electron chi connectivity index (χ3n) is 7.18. The number of aliphatic hydroxyl groups excluding tert-OH is 1. The first-order valence-electron chi connectivity index (χ1n) is 11.7. The van der Waals surface area contributed by atoms with Crippen LogP contribution < -0.4 is 0 Å². The van der Waals surface area contributed by atoms with Gasteiger partial charge in [0.05, 0.1) is 5.76 Å². The Morgan fingerprint density at radius 3 is 2.23 bits per heavy atom. The Hall–Kier alpha value is -2.75. The maximum Gasteiger partial charge on any atom is 0.155 e. The van der Waals surface area contributed by atoms with E-state index < -0.39 is 0 Å². The van der Waals surface area contributed by atoms with E-state index in [1.807, 2.05) is 30.5 Å². The molecule has 35 heavy (non-hydrogen) atoms. The first kappa shape index (κ1) is 26.8. The molecule has 1 aliphatic rings. The number of nitrogens with zero attached hydrogens (tertiary/aromatic N) is 1. The zero-order valence-corrected chi connectivity index (χ0v) is 23.5. The Labute approximate surface area is 220 Å². The summed E-state index contributed by atoms with van der Waals surface area (Å²) in [6.45, 7) is 12.4. The average molecular weight is 647 g/mol. The normalized spacial score (nSPS) is 16.1. The monoisotopic (exact) mass is 647 g/mol. The summed E-state index contributed by atoms with van der Waals surface area (Å²) in [4.78, 5) is 14.6. The van der Waals surface area contributed by atoms with Crippen LogP contribution in [0.25, 0.3) is 33.2 Å². The van der Waals surface area contributed by atoms with Crippen LogP contribution in [0.5, 0.6) is 0 Å². The number of allylic oxidation sites excluding steroid dienone is 2. The van der Waals surface area contributed by atoms with Crippen LogP contribution in [0.4, 0.5) is 0 Å². The van der Waals surface area contributed by atoms with Crippen molar-refractivity contribution in [1.82, 2.24) is 4.98 Å². The van der Waals surface area contributed by atoms with Gasteiger partial charge in [0.15, 0.2) is 5.78 Å². The van der Waals surface area contributed by atoms with Crippen molar-refractivity contribution < 1.29 is 34.4 Å². The number of carbonyl (C=O) groups is 1. The van der Waals surface area contributed by atoms with E-state index >= 15 is 0 Å². The maximum absolute atomic E-state index is 10.0. The molecule has 0 saturated heterocycles. The average Bonchev–Trinajstić information content (AvgIpc) is 3.10. The molecule has 1 N–H and O–H groups in total. The van der Waals surface area contributed by atoms with E-state index in [-0.39, 0.29) is 42.5 Å². The van der Waals surface area contributed by atoms with Crippen LogP contribution in [0.15, 0.2) is 64.9 Å². The number of aliphatic hydroxyl groups is 1. The summed E-state index contributed by atoms with van der Waals surface area (Å²) in [7, 11) is 0. The van der Waals surface area contributed by atoms with Crippen LogP contribution in [0.1, 0.15) is 52.7 Å². The first-order chi connectivity index (χ1) is 16.0. The molecule has 0 spiro atoms. The van der Waals surface area contributed by atoms with Crippen molar-refractivity contribution in [3.63, 3.8) is 0 Å². The molecule has 0 amide bonds. The van der Waals surface area contributed by atoms with Crippen molar-refractivity contribution in [2.75, 3.05) is 0 Å². The van der Waals surface area contributed by atoms with E-state index in [0.29, 0.717) is 0 Å². The van der Waals surface area contributed by atoms with Gasteiger partial charge in [-0.1, -0.05) is 27.7 Å². The summed E-state index contributed by atoms with van der Waals surface area (Å²) in [5, 5.41) is 10.7. The number of hydrogen-bond acceptors (Lipinski definition) is 4. The van der Waals surface area contributed by atoms with Crippen LogP contribution in [0.2, 0.25) is 0 Å². The predicted molar refractivity (Wildman–Crippen MR) is 138 cm³/mol. The maximum atomic E-state index is 10.0. The molecule has 1 aliphatic carbocycles. The Morgan fingerprint density at radius 1 is 1.03 bits per heavy atom. The quantitative estimate of drug-likeness (QED) is 0.138. The van der Waals surface area contributed by atoms with Gasteiger partial charge in [0, 0.05) is 48.8 Å². The van der Waals surface area contributed by atoms with E-state index in [4.69, 9.17) is 9.52 Å². The standard InChI is InChI=1S/C25H24NO.C5H8O2.Ir/c1-24(2)14-17-12-20-19-10-11-26-22(16-8-6-5-7-9-16)23(19)27-21(20)13-18(17)15-25(24,3)4;1-4(6)3-5(2)7;/h5-8,10-13H,14-15H2,1-4H3;3,6H,1-2H3;/q-1;;/b;4-3-;. The summed E-state index contributed by atoms with van der Waals surface area (Å²) < 4.78 is 6.34. The van der Waals surface area contributed by atoms with E-state index in [9.17, 15) is 4.79 Å². The van der Waals surface area contributed by atoms with Crippen molar-refractivity contribution in [2.24, 2.45) is 10.8 Å². The topological polar surface area (TPSA) is 63.3 Å². The number of rotatable bonds is 2. The summed E-state index contributed by atoms with van der Waals surface area (Å²) in [5.74, 6) is -0.0625. The molecule has 2 heterocycles. The van der Waals surface area contributed by atoms with Gasteiger partial charge < -0.3 is 14.5 Å². The molecule has 0 saturated carbocycles. The molecule has 0 atom stereocenters. The molecule has 5 heteroatoms. The molecule has 2 aromatic heterocycles. The number of pyridine rings is 1. The van der Waals surface area contributed by atoms with Crippen molar-refractivity contribution in [2.45, 2.75) is 54.4 Å². The minimum atomic E-state index is -0.125. The van der Waals surface area contributed by atoms with Gasteiger partial charge in [-0.2, -0.15) is 0 Å². The number of aromatic nitrogens is 1. The van der Waals surface area contributed by atoms with Crippen molar-refractivity contribution in [3.8, 4) is 11.3 Å². The number of fused-ring (bicyclic) bond motifs is 4. The Kier molecular flexibility index (Phi) is 7.74. The molecule has 5 rings (SSSR count). The molecular weight excluding hydrogens is 615 g/mol. The summed E-state index contributed by atoms with van der Waals surface area (Å²) in [6.07, 6.45) is 5.22. The van der Waals surface area contributed by atoms with Gasteiger partial charge in [-0.15, -0.1) is 35.9 Å². The van der Waals surface area contributed by atoms with Crippen LogP contribution in [-0.2, 0) is 37.7 Å². The smallest absolute Gasteiger partial charge is 0.155 e. The SMILES string of the molecule is CC(=O)/C=C(/C)O.CC1(C)Cc2cc3oc4c(-c5[c-]cccc5)nccc4c3cc2CC1(C)C.[Ir]. The predicted octanol–water partition coefficient (Wildman–Crippen LogP) is 7.63.